The first kappa shape index (κ1) is 34.6. The summed E-state index contributed by atoms with van der Waals surface area (Å²) < 4.78 is 13.5. The summed E-state index contributed by atoms with van der Waals surface area (Å²) in [6.07, 6.45) is 0. The average molecular weight is 760 g/mol. The van der Waals surface area contributed by atoms with Crippen molar-refractivity contribution in [1.29, 1.82) is 0 Å². The van der Waals surface area contributed by atoms with Crippen LogP contribution in [-0.4, -0.2) is 15.0 Å². The standard InChI is InChI=1S/C54H37N3O2/c1-54(2)44-24-10-9-22-43(44)48-45(54)30-31-47-50(48)59-49-42(23-13-25-46(49)58-47)36-26-28-37(29-27-36)51-55-52(40-20-11-18-38(32-40)34-14-5-3-6-15-34)57-53(56-51)41-21-12-19-39(33-41)35-16-7-4-8-17-35/h3-33H,1-2H3. The van der Waals surface area contributed by atoms with E-state index in [1.807, 2.05) is 30.3 Å². The minimum Gasteiger partial charge on any atom is -0.449 e. The quantitative estimate of drug-likeness (QED) is 0.169. The first-order valence-electron chi connectivity index (χ1n) is 19.9. The number of hydrogen-bond acceptors (Lipinski definition) is 5. The number of para-hydroxylation sites is 1. The van der Waals surface area contributed by atoms with Gasteiger partial charge in [-0.25, -0.2) is 15.0 Å². The topological polar surface area (TPSA) is 57.1 Å². The van der Waals surface area contributed by atoms with Crippen LogP contribution in [0, 0.1) is 0 Å². The third kappa shape index (κ3) is 5.98. The highest BCUT2D eigenvalue weighted by Gasteiger charge is 2.39. The van der Waals surface area contributed by atoms with Gasteiger partial charge in [0.15, 0.2) is 40.5 Å². The Balaban J connectivity index is 0.988. The summed E-state index contributed by atoms with van der Waals surface area (Å²) in [5, 5.41) is 0. The Bertz CT molecular complexity index is 2970. The molecule has 0 spiro atoms. The molecule has 0 unspecified atom stereocenters. The SMILES string of the molecule is CC1(C)c2ccccc2-c2c1ccc1c2Oc2c(cccc2-c2ccc(-c3nc(-c4cccc(-c5ccccc5)c4)nc(-c4cccc(-c5ccccc5)c4)n3)cc2)O1. The van der Waals surface area contributed by atoms with Crippen LogP contribution in [0.5, 0.6) is 23.0 Å². The van der Waals surface area contributed by atoms with Gasteiger partial charge in [0.2, 0.25) is 0 Å². The summed E-state index contributed by atoms with van der Waals surface area (Å²) in [6, 6.07) is 64.8. The maximum absolute atomic E-state index is 6.93. The van der Waals surface area contributed by atoms with Crippen LogP contribution >= 0.6 is 0 Å². The van der Waals surface area contributed by atoms with Gasteiger partial charge in [-0.3, -0.25) is 0 Å². The largest absolute Gasteiger partial charge is 0.449 e. The van der Waals surface area contributed by atoms with Crippen LogP contribution in [-0.2, 0) is 5.41 Å². The number of ether oxygens (including phenoxy) is 2. The van der Waals surface area contributed by atoms with Crippen molar-refractivity contribution in [1.82, 2.24) is 15.0 Å². The lowest BCUT2D eigenvalue weighted by Gasteiger charge is -2.26. The van der Waals surface area contributed by atoms with Gasteiger partial charge in [-0.15, -0.1) is 0 Å². The van der Waals surface area contributed by atoms with Gasteiger partial charge in [0, 0.05) is 33.2 Å². The molecule has 0 N–H and O–H groups in total. The molecular weight excluding hydrogens is 723 g/mol. The molecular formula is C54H37N3O2. The second-order valence-corrected chi connectivity index (χ2v) is 15.6. The summed E-state index contributed by atoms with van der Waals surface area (Å²) in [5.41, 5.74) is 13.8. The summed E-state index contributed by atoms with van der Waals surface area (Å²) >= 11 is 0. The van der Waals surface area contributed by atoms with Crippen LogP contribution < -0.4 is 9.47 Å². The van der Waals surface area contributed by atoms with Gasteiger partial charge in [-0.05, 0) is 68.8 Å². The molecule has 1 aromatic heterocycles. The van der Waals surface area contributed by atoms with Crippen molar-refractivity contribution >= 4 is 0 Å². The molecule has 1 aliphatic carbocycles. The van der Waals surface area contributed by atoms with E-state index in [2.05, 4.69) is 172 Å². The van der Waals surface area contributed by atoms with Crippen molar-refractivity contribution in [3.63, 3.8) is 0 Å². The van der Waals surface area contributed by atoms with Crippen LogP contribution in [0.4, 0.5) is 0 Å². The van der Waals surface area contributed by atoms with Gasteiger partial charge in [-0.2, -0.15) is 0 Å². The van der Waals surface area contributed by atoms with Gasteiger partial charge < -0.3 is 9.47 Å². The van der Waals surface area contributed by atoms with E-state index in [0.29, 0.717) is 29.0 Å². The molecule has 0 saturated heterocycles. The average Bonchev–Trinajstić information content (AvgIpc) is 3.54. The van der Waals surface area contributed by atoms with Crippen LogP contribution in [0.25, 0.3) is 78.7 Å². The maximum Gasteiger partial charge on any atom is 0.178 e. The minimum absolute atomic E-state index is 0.149. The van der Waals surface area contributed by atoms with Crippen molar-refractivity contribution in [2.45, 2.75) is 19.3 Å². The second-order valence-electron chi connectivity index (χ2n) is 15.6. The van der Waals surface area contributed by atoms with Gasteiger partial charge in [0.25, 0.3) is 0 Å². The van der Waals surface area contributed by atoms with Gasteiger partial charge in [0.05, 0.1) is 0 Å². The molecule has 11 rings (SSSR count). The highest BCUT2D eigenvalue weighted by molar-refractivity contribution is 5.89. The molecule has 8 aromatic carbocycles. The molecule has 2 heterocycles. The fourth-order valence-electron chi connectivity index (χ4n) is 8.57. The van der Waals surface area contributed by atoms with Crippen LogP contribution in [0.2, 0.25) is 0 Å². The molecule has 5 heteroatoms. The Morgan fingerprint density at radius 2 is 0.831 bits per heavy atom. The molecule has 280 valence electrons. The van der Waals surface area contributed by atoms with E-state index in [9.17, 15) is 0 Å². The molecule has 0 radical (unpaired) electrons. The van der Waals surface area contributed by atoms with Gasteiger partial charge >= 0.3 is 0 Å². The summed E-state index contributed by atoms with van der Waals surface area (Å²) in [5.74, 6) is 4.67. The molecule has 5 nitrogen and oxygen atoms in total. The zero-order chi connectivity index (χ0) is 39.5. The number of rotatable bonds is 6. The molecule has 0 fully saturated rings. The van der Waals surface area contributed by atoms with Crippen LogP contribution in [0.15, 0.2) is 188 Å². The van der Waals surface area contributed by atoms with E-state index in [1.165, 1.54) is 16.7 Å². The van der Waals surface area contributed by atoms with E-state index >= 15 is 0 Å². The van der Waals surface area contributed by atoms with E-state index < -0.39 is 0 Å². The third-order valence-electron chi connectivity index (χ3n) is 11.6. The number of hydrogen-bond donors (Lipinski definition) is 0. The monoisotopic (exact) mass is 759 g/mol. The van der Waals surface area contributed by atoms with Crippen molar-refractivity contribution in [3.05, 3.63) is 199 Å². The fourth-order valence-corrected chi connectivity index (χ4v) is 8.57. The van der Waals surface area contributed by atoms with E-state index in [0.717, 1.165) is 67.1 Å². The molecule has 0 bridgehead atoms. The van der Waals surface area contributed by atoms with Gasteiger partial charge in [0.1, 0.15) is 0 Å². The zero-order valence-corrected chi connectivity index (χ0v) is 32.6. The number of aromatic nitrogens is 3. The summed E-state index contributed by atoms with van der Waals surface area (Å²) in [7, 11) is 0. The van der Waals surface area contributed by atoms with E-state index in [1.54, 1.807) is 0 Å². The third-order valence-corrected chi connectivity index (χ3v) is 11.6. The number of fused-ring (bicyclic) bond motifs is 6. The molecule has 0 amide bonds. The normalized spacial score (nSPS) is 13.0. The molecule has 0 atom stereocenters. The lowest BCUT2D eigenvalue weighted by Crippen LogP contribution is -2.15. The van der Waals surface area contributed by atoms with E-state index in [4.69, 9.17) is 24.4 Å². The number of nitrogens with zero attached hydrogens (tertiary/aromatic N) is 3. The summed E-state index contributed by atoms with van der Waals surface area (Å²) in [4.78, 5) is 15.3. The highest BCUT2D eigenvalue weighted by atomic mass is 16.6. The minimum atomic E-state index is -0.149. The highest BCUT2D eigenvalue weighted by Crippen LogP contribution is 2.59. The maximum atomic E-state index is 6.93. The molecule has 1 aliphatic heterocycles. The Morgan fingerprint density at radius 3 is 1.47 bits per heavy atom. The predicted octanol–water partition coefficient (Wildman–Crippen LogP) is 14.1. The first-order valence-corrected chi connectivity index (χ1v) is 19.9. The van der Waals surface area contributed by atoms with Crippen molar-refractivity contribution < 1.29 is 9.47 Å². The van der Waals surface area contributed by atoms with Crippen molar-refractivity contribution in [3.8, 4) is 102 Å². The predicted molar refractivity (Wildman–Crippen MR) is 237 cm³/mol. The van der Waals surface area contributed by atoms with Gasteiger partial charge in [-0.1, -0.05) is 178 Å². The van der Waals surface area contributed by atoms with Crippen molar-refractivity contribution in [2.75, 3.05) is 0 Å². The number of benzene rings is 8. The second kappa shape index (κ2) is 13.8. The Hall–Kier alpha value is -7.63. The fraction of sp³-hybridized carbons (Fsp3) is 0.0556. The lowest BCUT2D eigenvalue weighted by atomic mass is 9.82. The Morgan fingerprint density at radius 1 is 0.339 bits per heavy atom. The molecule has 59 heavy (non-hydrogen) atoms. The first-order chi connectivity index (χ1) is 29.0. The van der Waals surface area contributed by atoms with Crippen LogP contribution in [0.1, 0.15) is 25.0 Å². The smallest absolute Gasteiger partial charge is 0.178 e. The van der Waals surface area contributed by atoms with Crippen LogP contribution in [0.3, 0.4) is 0 Å². The zero-order valence-electron chi connectivity index (χ0n) is 32.6. The lowest BCUT2D eigenvalue weighted by molar-refractivity contribution is 0.361. The summed E-state index contributed by atoms with van der Waals surface area (Å²) in [6.45, 7) is 4.55. The molecule has 0 saturated carbocycles. The Labute approximate surface area is 343 Å². The molecule has 9 aromatic rings. The Kier molecular flexibility index (Phi) is 8.09. The van der Waals surface area contributed by atoms with E-state index in [-0.39, 0.29) is 5.41 Å². The molecule has 2 aliphatic rings. The van der Waals surface area contributed by atoms with Crippen molar-refractivity contribution in [2.24, 2.45) is 0 Å².